The number of amides is 2. The molecule has 0 bridgehead atoms. The number of carbonyl (C=O) groups excluding carboxylic acids is 2. The average Bonchev–Trinajstić information content (AvgIpc) is 3.60. The van der Waals surface area contributed by atoms with Gasteiger partial charge in [0.15, 0.2) is 0 Å². The van der Waals surface area contributed by atoms with Crippen LogP contribution in [-0.2, 0) is 9.53 Å². The van der Waals surface area contributed by atoms with Crippen molar-refractivity contribution in [1.82, 2.24) is 15.2 Å². The molecule has 2 amide bonds. The van der Waals surface area contributed by atoms with Gasteiger partial charge >= 0.3 is 6.09 Å². The maximum Gasteiger partial charge on any atom is 0.410 e. The number of nitrogens with zero attached hydrogens (tertiary/aromatic N) is 2. The van der Waals surface area contributed by atoms with Crippen molar-refractivity contribution in [2.24, 2.45) is 5.92 Å². The van der Waals surface area contributed by atoms with Gasteiger partial charge in [-0.05, 0) is 74.4 Å². The predicted octanol–water partition coefficient (Wildman–Crippen LogP) is 6.72. The number of nitrogens with two attached hydrogens (primary N) is 1. The number of hydrogen-bond acceptors (Lipinski definition) is 7. The number of para-hydroxylation sites is 1. The molecule has 3 N–H and O–H groups in total. The number of anilines is 1. The number of fused-ring (bicyclic) bond motifs is 1. The van der Waals surface area contributed by atoms with Gasteiger partial charge in [-0.3, -0.25) is 4.79 Å². The molecule has 0 aliphatic carbocycles. The Labute approximate surface area is 243 Å². The summed E-state index contributed by atoms with van der Waals surface area (Å²) in [4.78, 5) is 31.0. The fourth-order valence-electron chi connectivity index (χ4n) is 4.71. The number of nitrogen functional groups attached to an aromatic ring is 1. The summed E-state index contributed by atoms with van der Waals surface area (Å²) in [6.45, 7) is 7.25. The number of nitrogens with one attached hydrogen (secondary N) is 1. The van der Waals surface area contributed by atoms with E-state index < -0.39 is 5.60 Å². The third-order valence-corrected chi connectivity index (χ3v) is 7.74. The molecule has 9 heteroatoms. The van der Waals surface area contributed by atoms with Gasteiger partial charge in [0.25, 0.3) is 0 Å². The molecule has 1 saturated heterocycles. The van der Waals surface area contributed by atoms with Gasteiger partial charge in [-0.2, -0.15) is 0 Å². The van der Waals surface area contributed by atoms with Gasteiger partial charge in [0.1, 0.15) is 22.9 Å². The highest BCUT2D eigenvalue weighted by Gasteiger charge is 2.29. The molecule has 8 nitrogen and oxygen atoms in total. The summed E-state index contributed by atoms with van der Waals surface area (Å²) in [6, 6.07) is 17.5. The Morgan fingerprint density at radius 2 is 1.85 bits per heavy atom. The van der Waals surface area contributed by atoms with Gasteiger partial charge in [0, 0.05) is 53.1 Å². The van der Waals surface area contributed by atoms with Gasteiger partial charge in [0.05, 0.1) is 0 Å². The molecule has 4 aromatic rings. The monoisotopic (exact) mass is 570 g/mol. The number of likely N-dealkylation sites (tertiary alicyclic amines) is 1. The SMILES string of the molecule is CC(C)(C)OC(=O)N1CC[C@H](CNC(=O)/C=C/c2cnc(N)c3c(-c4ccc(Oc5ccccc5)cc4)csc23)C1. The molecule has 0 spiro atoms. The van der Waals surface area contributed by atoms with Crippen molar-refractivity contribution >= 4 is 45.3 Å². The molecule has 1 aliphatic rings. The minimum absolute atomic E-state index is 0.189. The Bertz CT molecular complexity index is 1560. The molecule has 2 aromatic heterocycles. The van der Waals surface area contributed by atoms with E-state index in [1.165, 1.54) is 6.08 Å². The van der Waals surface area contributed by atoms with Gasteiger partial charge in [0.2, 0.25) is 5.91 Å². The van der Waals surface area contributed by atoms with E-state index in [0.717, 1.165) is 44.7 Å². The first-order valence-corrected chi connectivity index (χ1v) is 14.5. The van der Waals surface area contributed by atoms with Crippen LogP contribution in [0.2, 0.25) is 0 Å². The molecule has 1 fully saturated rings. The first-order chi connectivity index (χ1) is 19.7. The van der Waals surface area contributed by atoms with E-state index in [4.69, 9.17) is 15.2 Å². The molecular weight excluding hydrogens is 536 g/mol. The summed E-state index contributed by atoms with van der Waals surface area (Å²) in [5.41, 5.74) is 8.59. The van der Waals surface area contributed by atoms with E-state index in [0.29, 0.717) is 25.5 Å². The van der Waals surface area contributed by atoms with Crippen LogP contribution in [-0.4, -0.2) is 47.1 Å². The number of ether oxygens (including phenoxy) is 2. The molecule has 0 radical (unpaired) electrons. The van der Waals surface area contributed by atoms with E-state index in [1.807, 2.05) is 75.4 Å². The second-order valence-electron chi connectivity index (χ2n) is 11.1. The zero-order chi connectivity index (χ0) is 29.0. The van der Waals surface area contributed by atoms with Crippen molar-refractivity contribution in [3.63, 3.8) is 0 Å². The van der Waals surface area contributed by atoms with Crippen LogP contribution in [0, 0.1) is 5.92 Å². The van der Waals surface area contributed by atoms with E-state index >= 15 is 0 Å². The maximum absolute atomic E-state index is 12.6. The smallest absolute Gasteiger partial charge is 0.410 e. The molecule has 1 aliphatic heterocycles. The number of rotatable bonds is 7. The predicted molar refractivity (Wildman–Crippen MR) is 164 cm³/mol. The lowest BCUT2D eigenvalue weighted by molar-refractivity contribution is -0.116. The molecule has 0 saturated carbocycles. The minimum Gasteiger partial charge on any atom is -0.457 e. The fraction of sp³-hybridized carbons (Fsp3) is 0.281. The Morgan fingerprint density at radius 3 is 2.59 bits per heavy atom. The van der Waals surface area contributed by atoms with Crippen molar-refractivity contribution < 1.29 is 19.1 Å². The highest BCUT2D eigenvalue weighted by atomic mass is 32.1. The van der Waals surface area contributed by atoms with E-state index in [2.05, 4.69) is 15.7 Å². The van der Waals surface area contributed by atoms with E-state index in [1.54, 1.807) is 28.5 Å². The number of pyridine rings is 1. The Kier molecular flexibility index (Phi) is 8.26. The van der Waals surface area contributed by atoms with Gasteiger partial charge in [-0.25, -0.2) is 9.78 Å². The van der Waals surface area contributed by atoms with Crippen LogP contribution >= 0.6 is 11.3 Å². The lowest BCUT2D eigenvalue weighted by Crippen LogP contribution is -2.36. The van der Waals surface area contributed by atoms with Crippen molar-refractivity contribution in [1.29, 1.82) is 0 Å². The van der Waals surface area contributed by atoms with Crippen LogP contribution in [0.3, 0.4) is 0 Å². The van der Waals surface area contributed by atoms with Gasteiger partial charge in [-0.15, -0.1) is 11.3 Å². The van der Waals surface area contributed by atoms with Crippen LogP contribution in [0.15, 0.2) is 72.3 Å². The second kappa shape index (κ2) is 12.0. The molecule has 5 rings (SSSR count). The lowest BCUT2D eigenvalue weighted by atomic mass is 10.0. The van der Waals surface area contributed by atoms with Crippen molar-refractivity contribution in [3.8, 4) is 22.6 Å². The summed E-state index contributed by atoms with van der Waals surface area (Å²) in [5.74, 6) is 1.96. The molecule has 212 valence electrons. The number of aromatic nitrogens is 1. The zero-order valence-corrected chi connectivity index (χ0v) is 24.2. The number of hydrogen-bond donors (Lipinski definition) is 2. The molecular formula is C32H34N4O4S. The van der Waals surface area contributed by atoms with Crippen LogP contribution in [0.1, 0.15) is 32.8 Å². The summed E-state index contributed by atoms with van der Waals surface area (Å²) in [5, 5.41) is 5.88. The highest BCUT2D eigenvalue weighted by molar-refractivity contribution is 7.18. The average molecular weight is 571 g/mol. The fourth-order valence-corrected chi connectivity index (χ4v) is 5.78. The molecule has 0 unspecified atom stereocenters. The summed E-state index contributed by atoms with van der Waals surface area (Å²) >= 11 is 1.56. The van der Waals surface area contributed by atoms with Crippen LogP contribution in [0.5, 0.6) is 11.5 Å². The molecule has 41 heavy (non-hydrogen) atoms. The highest BCUT2D eigenvalue weighted by Crippen LogP contribution is 2.39. The standard InChI is InChI=1S/C32H34N4O4S/c1-32(2,3)40-31(38)36-16-15-21(19-36)17-34-27(37)14-11-23-18-35-30(33)28-26(20-41-29(23)28)22-9-12-25(13-10-22)39-24-7-5-4-6-8-24/h4-14,18,20-21H,15-17,19H2,1-3H3,(H2,33,35)(H,34,37)/b14-11+/t21-/m1/s1. The first kappa shape index (κ1) is 28.2. The third kappa shape index (κ3) is 7.05. The minimum atomic E-state index is -0.526. The largest absolute Gasteiger partial charge is 0.457 e. The second-order valence-corrected chi connectivity index (χ2v) is 11.9. The van der Waals surface area contributed by atoms with Gasteiger partial charge < -0.3 is 25.4 Å². The lowest BCUT2D eigenvalue weighted by Gasteiger charge is -2.24. The van der Waals surface area contributed by atoms with Crippen molar-refractivity contribution in [3.05, 3.63) is 77.8 Å². The number of thiophene rings is 1. The summed E-state index contributed by atoms with van der Waals surface area (Å²) in [6.07, 6.45) is 5.49. The van der Waals surface area contributed by atoms with Crippen LogP contribution < -0.4 is 15.8 Å². The maximum atomic E-state index is 12.6. The van der Waals surface area contributed by atoms with Gasteiger partial charge in [-0.1, -0.05) is 30.3 Å². The van der Waals surface area contributed by atoms with Crippen molar-refractivity contribution in [2.75, 3.05) is 25.4 Å². The summed E-state index contributed by atoms with van der Waals surface area (Å²) in [7, 11) is 0. The topological polar surface area (TPSA) is 107 Å². The normalized spacial score (nSPS) is 15.4. The quantitative estimate of drug-likeness (QED) is 0.239. The van der Waals surface area contributed by atoms with E-state index in [9.17, 15) is 9.59 Å². The Hall–Kier alpha value is -4.37. The molecule has 3 heterocycles. The van der Waals surface area contributed by atoms with Crippen LogP contribution in [0.4, 0.5) is 10.6 Å². The Balaban J connectivity index is 1.22. The van der Waals surface area contributed by atoms with E-state index in [-0.39, 0.29) is 17.9 Å². The first-order valence-electron chi connectivity index (χ1n) is 13.6. The molecule has 2 aromatic carbocycles. The summed E-state index contributed by atoms with van der Waals surface area (Å²) < 4.78 is 12.3. The number of carbonyl (C=O) groups is 2. The Morgan fingerprint density at radius 1 is 1.12 bits per heavy atom. The molecule has 1 atom stereocenters. The van der Waals surface area contributed by atoms with Crippen LogP contribution in [0.25, 0.3) is 27.3 Å². The van der Waals surface area contributed by atoms with Crippen molar-refractivity contribution in [2.45, 2.75) is 32.8 Å². The zero-order valence-electron chi connectivity index (χ0n) is 23.4. The number of benzene rings is 2. The third-order valence-electron chi connectivity index (χ3n) is 6.71.